The molecule has 2 amide bonds. The van der Waals surface area contributed by atoms with Gasteiger partial charge in [0.15, 0.2) is 0 Å². The van der Waals surface area contributed by atoms with Crippen molar-refractivity contribution in [3.8, 4) is 0 Å². The summed E-state index contributed by atoms with van der Waals surface area (Å²) in [5.74, 6) is 0. The molecule has 1 aromatic rings. The number of nitrogens with zero attached hydrogens (tertiary/aromatic N) is 1. The van der Waals surface area contributed by atoms with Crippen LogP contribution in [0, 0.1) is 0 Å². The Bertz CT molecular complexity index is 498. The fourth-order valence-electron chi connectivity index (χ4n) is 2.60. The first-order valence-corrected chi connectivity index (χ1v) is 7.43. The van der Waals surface area contributed by atoms with E-state index in [1.807, 2.05) is 24.3 Å². The maximum absolute atomic E-state index is 12.3. The van der Waals surface area contributed by atoms with E-state index in [1.165, 1.54) is 19.3 Å². The van der Waals surface area contributed by atoms with Gasteiger partial charge in [0.25, 0.3) is 0 Å². The first-order chi connectivity index (χ1) is 9.59. The van der Waals surface area contributed by atoms with Gasteiger partial charge in [-0.1, -0.05) is 43.6 Å². The number of hydrogen-bond acceptors (Lipinski definition) is 2. The normalized spacial score (nSPS) is 15.7. The molecule has 0 spiro atoms. The zero-order valence-corrected chi connectivity index (χ0v) is 12.6. The highest BCUT2D eigenvalue weighted by Crippen LogP contribution is 2.21. The summed E-state index contributed by atoms with van der Waals surface area (Å²) in [6.07, 6.45) is 5.79. The maximum Gasteiger partial charge on any atom is 0.321 e. The van der Waals surface area contributed by atoms with Crippen LogP contribution >= 0.6 is 12.2 Å². The van der Waals surface area contributed by atoms with Crippen molar-refractivity contribution in [1.82, 2.24) is 5.32 Å². The Morgan fingerprint density at radius 1 is 1.30 bits per heavy atom. The van der Waals surface area contributed by atoms with Gasteiger partial charge in [-0.2, -0.15) is 0 Å². The number of urea groups is 1. The van der Waals surface area contributed by atoms with Gasteiger partial charge in [0.05, 0.1) is 5.69 Å². The van der Waals surface area contributed by atoms with Crippen LogP contribution in [-0.2, 0) is 0 Å². The van der Waals surface area contributed by atoms with Gasteiger partial charge in [-0.25, -0.2) is 4.79 Å². The van der Waals surface area contributed by atoms with E-state index in [0.29, 0.717) is 4.99 Å². The van der Waals surface area contributed by atoms with Crippen LogP contribution in [0.4, 0.5) is 10.5 Å². The van der Waals surface area contributed by atoms with Crippen LogP contribution in [0.1, 0.15) is 37.7 Å². The number of thiocarbonyl (C=S) groups is 1. The molecule has 1 fully saturated rings. The lowest BCUT2D eigenvalue weighted by Crippen LogP contribution is -2.44. The number of nitrogens with one attached hydrogen (secondary N) is 1. The Labute approximate surface area is 125 Å². The lowest BCUT2D eigenvalue weighted by Gasteiger charge is -2.27. The summed E-state index contributed by atoms with van der Waals surface area (Å²) >= 11 is 5.04. The van der Waals surface area contributed by atoms with Crippen LogP contribution in [0.15, 0.2) is 24.3 Å². The minimum absolute atomic E-state index is 0.0967. The monoisotopic (exact) mass is 291 g/mol. The second-order valence-corrected chi connectivity index (χ2v) is 5.66. The molecule has 0 unspecified atom stereocenters. The number of rotatable bonds is 3. The number of carbonyl (C=O) groups excluding carboxylic acids is 1. The van der Waals surface area contributed by atoms with Crippen molar-refractivity contribution in [1.29, 1.82) is 0 Å². The van der Waals surface area contributed by atoms with E-state index in [1.54, 1.807) is 11.9 Å². The Morgan fingerprint density at radius 3 is 2.60 bits per heavy atom. The predicted octanol–water partition coefficient (Wildman–Crippen LogP) is 2.80. The molecule has 1 aromatic carbocycles. The van der Waals surface area contributed by atoms with Crippen LogP contribution in [0.2, 0.25) is 0 Å². The van der Waals surface area contributed by atoms with Crippen LogP contribution in [0.3, 0.4) is 0 Å². The Hall–Kier alpha value is -1.62. The third-order valence-corrected chi connectivity index (χ3v) is 3.99. The summed E-state index contributed by atoms with van der Waals surface area (Å²) in [5.41, 5.74) is 7.18. The minimum atomic E-state index is -0.0967. The summed E-state index contributed by atoms with van der Waals surface area (Å²) in [7, 11) is 1.75. The second-order valence-electron chi connectivity index (χ2n) is 5.22. The average Bonchev–Trinajstić information content (AvgIpc) is 2.47. The van der Waals surface area contributed by atoms with Crippen LogP contribution in [0.5, 0.6) is 0 Å². The quantitative estimate of drug-likeness (QED) is 0.842. The van der Waals surface area contributed by atoms with Crippen molar-refractivity contribution < 1.29 is 4.79 Å². The standard InChI is InChI=1S/C15H21N3OS/c1-18(13-10-6-5-9-12(13)14(16)20)15(19)17-11-7-3-2-4-8-11/h5-6,9-11H,2-4,7-8H2,1H3,(H2,16,20)(H,17,19). The maximum atomic E-state index is 12.3. The molecule has 1 saturated carbocycles. The highest BCUT2D eigenvalue weighted by molar-refractivity contribution is 7.80. The molecular weight excluding hydrogens is 270 g/mol. The van der Waals surface area contributed by atoms with Crippen LogP contribution in [0.25, 0.3) is 0 Å². The third kappa shape index (κ3) is 3.48. The molecule has 5 heteroatoms. The van der Waals surface area contributed by atoms with Crippen LogP contribution < -0.4 is 16.0 Å². The van der Waals surface area contributed by atoms with Gasteiger partial charge in [-0.3, -0.25) is 4.90 Å². The van der Waals surface area contributed by atoms with Crippen molar-refractivity contribution in [2.75, 3.05) is 11.9 Å². The molecule has 4 nitrogen and oxygen atoms in total. The Balaban J connectivity index is 2.08. The highest BCUT2D eigenvalue weighted by atomic mass is 32.1. The van der Waals surface area contributed by atoms with Crippen molar-refractivity contribution in [3.05, 3.63) is 29.8 Å². The molecular formula is C15H21N3OS. The number of amides is 2. The van der Waals surface area contributed by atoms with Gasteiger partial charge in [0.2, 0.25) is 0 Å². The van der Waals surface area contributed by atoms with Crippen molar-refractivity contribution in [3.63, 3.8) is 0 Å². The summed E-state index contributed by atoms with van der Waals surface area (Å²) in [6.45, 7) is 0. The molecule has 0 aromatic heterocycles. The first-order valence-electron chi connectivity index (χ1n) is 7.02. The van der Waals surface area contributed by atoms with E-state index in [9.17, 15) is 4.79 Å². The third-order valence-electron chi connectivity index (χ3n) is 3.77. The molecule has 0 aliphatic heterocycles. The zero-order chi connectivity index (χ0) is 14.5. The molecule has 1 aliphatic rings. The van der Waals surface area contributed by atoms with Gasteiger partial charge < -0.3 is 11.1 Å². The number of para-hydroxylation sites is 1. The number of nitrogens with two attached hydrogens (primary N) is 1. The summed E-state index contributed by atoms with van der Waals surface area (Å²) in [6, 6.07) is 7.62. The minimum Gasteiger partial charge on any atom is -0.389 e. The van der Waals surface area contributed by atoms with Crippen molar-refractivity contribution in [2.24, 2.45) is 5.73 Å². The zero-order valence-electron chi connectivity index (χ0n) is 11.8. The SMILES string of the molecule is CN(C(=O)NC1CCCCC1)c1ccccc1C(N)=S. The van der Waals surface area contributed by atoms with E-state index in [0.717, 1.165) is 24.1 Å². The smallest absolute Gasteiger partial charge is 0.321 e. The van der Waals surface area contributed by atoms with E-state index in [-0.39, 0.29) is 12.1 Å². The van der Waals surface area contributed by atoms with E-state index in [4.69, 9.17) is 18.0 Å². The molecule has 3 N–H and O–H groups in total. The average molecular weight is 291 g/mol. The fraction of sp³-hybridized carbons (Fsp3) is 0.467. The molecule has 2 rings (SSSR count). The molecule has 0 bridgehead atoms. The Morgan fingerprint density at radius 2 is 1.95 bits per heavy atom. The number of benzene rings is 1. The molecule has 0 saturated heterocycles. The number of hydrogen-bond donors (Lipinski definition) is 2. The van der Waals surface area contributed by atoms with Gasteiger partial charge in [0.1, 0.15) is 4.99 Å². The topological polar surface area (TPSA) is 58.4 Å². The molecule has 108 valence electrons. The molecule has 1 aliphatic carbocycles. The number of anilines is 1. The van der Waals surface area contributed by atoms with Gasteiger partial charge in [0, 0.05) is 18.7 Å². The molecule has 0 atom stereocenters. The van der Waals surface area contributed by atoms with Crippen molar-refractivity contribution >= 4 is 28.9 Å². The van der Waals surface area contributed by atoms with Crippen molar-refractivity contribution in [2.45, 2.75) is 38.1 Å². The van der Waals surface area contributed by atoms with E-state index < -0.39 is 0 Å². The van der Waals surface area contributed by atoms with E-state index in [2.05, 4.69) is 5.32 Å². The number of carbonyl (C=O) groups is 1. The fourth-order valence-corrected chi connectivity index (χ4v) is 2.77. The summed E-state index contributed by atoms with van der Waals surface area (Å²) < 4.78 is 0. The molecule has 0 radical (unpaired) electrons. The predicted molar refractivity (Wildman–Crippen MR) is 86.1 cm³/mol. The van der Waals surface area contributed by atoms with Crippen LogP contribution in [-0.4, -0.2) is 24.1 Å². The summed E-state index contributed by atoms with van der Waals surface area (Å²) in [4.78, 5) is 14.2. The highest BCUT2D eigenvalue weighted by Gasteiger charge is 2.20. The molecule has 0 heterocycles. The van der Waals surface area contributed by atoms with E-state index >= 15 is 0 Å². The lowest BCUT2D eigenvalue weighted by atomic mass is 9.96. The first kappa shape index (κ1) is 14.8. The second kappa shape index (κ2) is 6.70. The Kier molecular flexibility index (Phi) is 4.95. The lowest BCUT2D eigenvalue weighted by molar-refractivity contribution is 0.239. The molecule has 20 heavy (non-hydrogen) atoms. The van der Waals surface area contributed by atoms with Gasteiger partial charge in [-0.15, -0.1) is 0 Å². The van der Waals surface area contributed by atoms with Gasteiger partial charge >= 0.3 is 6.03 Å². The van der Waals surface area contributed by atoms with Gasteiger partial charge in [-0.05, 0) is 25.0 Å². The largest absolute Gasteiger partial charge is 0.389 e. The summed E-state index contributed by atoms with van der Waals surface area (Å²) in [5, 5.41) is 3.09.